The first kappa shape index (κ1) is 22.2. The van der Waals surface area contributed by atoms with Gasteiger partial charge >= 0.3 is 6.18 Å². The minimum Gasteiger partial charge on any atom is -0.325 e. The minimum absolute atomic E-state index is 0. The topological polar surface area (TPSA) is 70.2 Å². The Morgan fingerprint density at radius 3 is 2.38 bits per heavy atom. The van der Waals surface area contributed by atoms with Crippen molar-refractivity contribution >= 4 is 35.6 Å². The van der Waals surface area contributed by atoms with E-state index in [1.165, 1.54) is 6.92 Å². The van der Waals surface area contributed by atoms with Gasteiger partial charge in [-0.15, -0.1) is 12.4 Å². The number of piperidine rings is 1. The maximum absolute atomic E-state index is 12.9. The predicted octanol–water partition coefficient (Wildman–Crippen LogP) is 3.80. The molecule has 1 aromatic rings. The summed E-state index contributed by atoms with van der Waals surface area (Å²) < 4.78 is 38.7. The number of hydrogen-bond donors (Lipinski definition) is 3. The molecule has 0 bridgehead atoms. The number of alkyl halides is 3. The molecule has 0 aromatic heterocycles. The summed E-state index contributed by atoms with van der Waals surface area (Å²) in [4.78, 5) is 23.3. The van der Waals surface area contributed by atoms with E-state index in [9.17, 15) is 22.8 Å². The Kier molecular flexibility index (Phi) is 8.36. The molecule has 3 N–H and O–H groups in total. The predicted molar refractivity (Wildman–Crippen MR) is 96.5 cm³/mol. The van der Waals surface area contributed by atoms with Crippen LogP contribution in [0.1, 0.15) is 38.2 Å². The zero-order valence-corrected chi connectivity index (χ0v) is 15.2. The second-order valence-corrected chi connectivity index (χ2v) is 6.22. The molecule has 0 radical (unpaired) electrons. The van der Waals surface area contributed by atoms with Crippen LogP contribution in [0.25, 0.3) is 0 Å². The van der Waals surface area contributed by atoms with Gasteiger partial charge in [0.15, 0.2) is 0 Å². The summed E-state index contributed by atoms with van der Waals surface area (Å²) in [6.45, 7) is 3.10. The van der Waals surface area contributed by atoms with Crippen LogP contribution >= 0.6 is 12.4 Å². The lowest BCUT2D eigenvalue weighted by atomic mass is 9.93. The highest BCUT2D eigenvalue weighted by molar-refractivity contribution is 5.99. The first-order valence-electron chi connectivity index (χ1n) is 8.25. The Morgan fingerprint density at radius 1 is 1.15 bits per heavy atom. The highest BCUT2D eigenvalue weighted by Gasteiger charge is 2.31. The van der Waals surface area contributed by atoms with Gasteiger partial charge < -0.3 is 16.0 Å². The largest absolute Gasteiger partial charge is 0.416 e. The SMILES string of the molecule is CC(=O)Nc1ccc(C(F)(F)F)cc1NC(=O)CCC1CCNCC1.Cl. The number of nitrogens with one attached hydrogen (secondary N) is 3. The molecule has 0 spiro atoms. The molecule has 1 aliphatic rings. The number of hydrogen-bond acceptors (Lipinski definition) is 3. The zero-order chi connectivity index (χ0) is 18.4. The van der Waals surface area contributed by atoms with E-state index >= 15 is 0 Å². The number of anilines is 2. The molecule has 1 saturated heterocycles. The molecule has 146 valence electrons. The molecular formula is C17H23ClF3N3O2. The lowest BCUT2D eigenvalue weighted by Crippen LogP contribution is -2.28. The first-order valence-corrected chi connectivity index (χ1v) is 8.25. The Hall–Kier alpha value is -1.80. The number of carbonyl (C=O) groups is 2. The third-order valence-corrected chi connectivity index (χ3v) is 4.17. The number of rotatable bonds is 5. The molecule has 1 fully saturated rings. The van der Waals surface area contributed by atoms with Crippen molar-refractivity contribution in [3.63, 3.8) is 0 Å². The third kappa shape index (κ3) is 6.84. The fourth-order valence-corrected chi connectivity index (χ4v) is 2.84. The van der Waals surface area contributed by atoms with Crippen molar-refractivity contribution in [2.75, 3.05) is 23.7 Å². The Bertz CT molecular complexity index is 632. The van der Waals surface area contributed by atoms with Gasteiger partial charge in [-0.05, 0) is 56.5 Å². The van der Waals surface area contributed by atoms with Crippen LogP contribution in [0.4, 0.5) is 24.5 Å². The summed E-state index contributed by atoms with van der Waals surface area (Å²) in [5, 5.41) is 8.17. The fraction of sp³-hybridized carbons (Fsp3) is 0.529. The van der Waals surface area contributed by atoms with Crippen molar-refractivity contribution in [1.82, 2.24) is 5.32 Å². The third-order valence-electron chi connectivity index (χ3n) is 4.17. The van der Waals surface area contributed by atoms with Crippen molar-refractivity contribution in [2.45, 2.75) is 38.8 Å². The van der Waals surface area contributed by atoms with Crippen LogP contribution in [-0.4, -0.2) is 24.9 Å². The van der Waals surface area contributed by atoms with Gasteiger partial charge in [0.25, 0.3) is 0 Å². The van der Waals surface area contributed by atoms with Crippen molar-refractivity contribution in [3.8, 4) is 0 Å². The molecule has 0 unspecified atom stereocenters. The van der Waals surface area contributed by atoms with Gasteiger partial charge in [-0.1, -0.05) is 0 Å². The first-order chi connectivity index (χ1) is 11.8. The molecule has 2 rings (SSSR count). The summed E-state index contributed by atoms with van der Waals surface area (Å²) in [5.41, 5.74) is -0.772. The van der Waals surface area contributed by atoms with Gasteiger partial charge in [0.1, 0.15) is 0 Å². The van der Waals surface area contributed by atoms with E-state index in [1.807, 2.05) is 0 Å². The average Bonchev–Trinajstić information content (AvgIpc) is 2.54. The van der Waals surface area contributed by atoms with E-state index in [-0.39, 0.29) is 36.1 Å². The molecule has 0 aliphatic carbocycles. The highest BCUT2D eigenvalue weighted by atomic mass is 35.5. The summed E-state index contributed by atoms with van der Waals surface area (Å²) >= 11 is 0. The van der Waals surface area contributed by atoms with Crippen LogP contribution in [0.15, 0.2) is 18.2 Å². The number of carbonyl (C=O) groups excluding carboxylic acids is 2. The van der Waals surface area contributed by atoms with Crippen molar-refractivity contribution in [2.24, 2.45) is 5.92 Å². The Morgan fingerprint density at radius 2 is 1.81 bits per heavy atom. The summed E-state index contributed by atoms with van der Waals surface area (Å²) in [5.74, 6) is -0.335. The lowest BCUT2D eigenvalue weighted by Gasteiger charge is -2.22. The molecule has 2 amide bonds. The average molecular weight is 394 g/mol. The quantitative estimate of drug-likeness (QED) is 0.712. The van der Waals surface area contributed by atoms with Gasteiger partial charge in [-0.25, -0.2) is 0 Å². The zero-order valence-electron chi connectivity index (χ0n) is 14.4. The molecule has 9 heteroatoms. The van der Waals surface area contributed by atoms with E-state index in [0.717, 1.165) is 44.1 Å². The molecule has 26 heavy (non-hydrogen) atoms. The Labute approximate surface area is 156 Å². The minimum atomic E-state index is -4.52. The number of benzene rings is 1. The molecule has 5 nitrogen and oxygen atoms in total. The maximum atomic E-state index is 12.9. The summed E-state index contributed by atoms with van der Waals surface area (Å²) in [6.07, 6.45) is -1.60. The van der Waals surface area contributed by atoms with Crippen molar-refractivity contribution < 1.29 is 22.8 Å². The van der Waals surface area contributed by atoms with Crippen molar-refractivity contribution in [1.29, 1.82) is 0 Å². The number of halogens is 4. The summed E-state index contributed by atoms with van der Waals surface area (Å²) in [6, 6.07) is 2.86. The molecule has 1 aliphatic heterocycles. The van der Waals surface area contributed by atoms with E-state index in [4.69, 9.17) is 0 Å². The van der Waals surface area contributed by atoms with Crippen LogP contribution in [0.5, 0.6) is 0 Å². The van der Waals surface area contributed by atoms with Crippen LogP contribution in [-0.2, 0) is 15.8 Å². The van der Waals surface area contributed by atoms with Gasteiger partial charge in [-0.2, -0.15) is 13.2 Å². The monoisotopic (exact) mass is 393 g/mol. The lowest BCUT2D eigenvalue weighted by molar-refractivity contribution is -0.137. The van der Waals surface area contributed by atoms with E-state index in [2.05, 4.69) is 16.0 Å². The van der Waals surface area contributed by atoms with Crippen LogP contribution < -0.4 is 16.0 Å². The van der Waals surface area contributed by atoms with Gasteiger partial charge in [-0.3, -0.25) is 9.59 Å². The van der Waals surface area contributed by atoms with Gasteiger partial charge in [0.2, 0.25) is 11.8 Å². The van der Waals surface area contributed by atoms with Crippen molar-refractivity contribution in [3.05, 3.63) is 23.8 Å². The van der Waals surface area contributed by atoms with Gasteiger partial charge in [0.05, 0.1) is 16.9 Å². The summed E-state index contributed by atoms with van der Waals surface area (Å²) in [7, 11) is 0. The Balaban J connectivity index is 0.00000338. The normalized spacial score (nSPS) is 15.1. The van der Waals surface area contributed by atoms with Crippen LogP contribution in [0, 0.1) is 5.92 Å². The molecule has 0 saturated carbocycles. The molecular weight excluding hydrogens is 371 g/mol. The fourth-order valence-electron chi connectivity index (χ4n) is 2.84. The second-order valence-electron chi connectivity index (χ2n) is 6.22. The smallest absolute Gasteiger partial charge is 0.325 e. The van der Waals surface area contributed by atoms with E-state index in [0.29, 0.717) is 12.3 Å². The van der Waals surface area contributed by atoms with Gasteiger partial charge in [0, 0.05) is 13.3 Å². The molecule has 1 aromatic carbocycles. The standard InChI is InChI=1S/C17H22F3N3O2.ClH/c1-11(24)22-14-4-3-13(17(18,19)20)10-15(14)23-16(25)5-2-12-6-8-21-9-7-12;/h3-4,10,12,21H,2,5-9H2,1H3,(H,22,24)(H,23,25);1H. The molecule has 1 heterocycles. The van der Waals surface area contributed by atoms with Crippen LogP contribution in [0.2, 0.25) is 0 Å². The highest BCUT2D eigenvalue weighted by Crippen LogP contribution is 2.34. The maximum Gasteiger partial charge on any atom is 0.416 e. The van der Waals surface area contributed by atoms with E-state index in [1.54, 1.807) is 0 Å². The van der Waals surface area contributed by atoms with E-state index < -0.39 is 17.6 Å². The van der Waals surface area contributed by atoms with Crippen LogP contribution in [0.3, 0.4) is 0 Å². The molecule has 0 atom stereocenters. The number of amides is 2. The second kappa shape index (κ2) is 9.78.